The minimum absolute atomic E-state index is 0.0175. The summed E-state index contributed by atoms with van der Waals surface area (Å²) < 4.78 is 12.4. The summed E-state index contributed by atoms with van der Waals surface area (Å²) in [6.45, 7) is 11.8. The minimum atomic E-state index is -1.90. The van der Waals surface area contributed by atoms with Crippen molar-refractivity contribution in [3.8, 4) is 0 Å². The molecule has 1 unspecified atom stereocenters. The molecule has 1 N–H and O–H groups in total. The third-order valence-electron chi connectivity index (χ3n) is 4.84. The maximum absolute atomic E-state index is 11.3. The second-order valence-corrected chi connectivity index (χ2v) is 12.8. The molecule has 1 atom stereocenters. The average Bonchev–Trinajstić information content (AvgIpc) is 2.54. The SMILES string of the molecule is CC(C)(C)[Si](C)(C)OC(CCCC(=O)CO)COCc1ccccc1. The van der Waals surface area contributed by atoms with E-state index in [2.05, 4.69) is 33.9 Å². The van der Waals surface area contributed by atoms with Crippen LogP contribution in [0.2, 0.25) is 18.1 Å². The van der Waals surface area contributed by atoms with Crippen molar-refractivity contribution >= 4 is 14.1 Å². The zero-order valence-electron chi connectivity index (χ0n) is 16.4. The number of carbonyl (C=O) groups is 1. The van der Waals surface area contributed by atoms with E-state index in [1.54, 1.807) is 0 Å². The smallest absolute Gasteiger partial charge is 0.192 e. The van der Waals surface area contributed by atoms with Crippen molar-refractivity contribution in [1.29, 1.82) is 0 Å². The number of ketones is 1. The fourth-order valence-corrected chi connectivity index (χ4v) is 3.63. The van der Waals surface area contributed by atoms with Gasteiger partial charge in [-0.15, -0.1) is 0 Å². The lowest BCUT2D eigenvalue weighted by molar-refractivity contribution is -0.121. The van der Waals surface area contributed by atoms with E-state index in [-0.39, 0.29) is 23.5 Å². The first-order chi connectivity index (χ1) is 11.7. The molecule has 0 fully saturated rings. The molecule has 1 aromatic carbocycles. The number of ether oxygens (including phenoxy) is 1. The van der Waals surface area contributed by atoms with Crippen LogP contribution in [0.25, 0.3) is 0 Å². The molecule has 0 saturated heterocycles. The summed E-state index contributed by atoms with van der Waals surface area (Å²) in [7, 11) is -1.90. The van der Waals surface area contributed by atoms with Gasteiger partial charge in [0.05, 0.1) is 19.3 Å². The van der Waals surface area contributed by atoms with Crippen LogP contribution in [0.1, 0.15) is 45.6 Å². The van der Waals surface area contributed by atoms with Crippen molar-refractivity contribution in [1.82, 2.24) is 0 Å². The van der Waals surface area contributed by atoms with E-state index >= 15 is 0 Å². The molecular formula is C20H34O4Si. The largest absolute Gasteiger partial charge is 0.412 e. The van der Waals surface area contributed by atoms with E-state index in [4.69, 9.17) is 14.3 Å². The zero-order valence-corrected chi connectivity index (χ0v) is 17.4. The Labute approximate surface area is 153 Å². The third-order valence-corrected chi connectivity index (χ3v) is 9.38. The van der Waals surface area contributed by atoms with Crippen LogP contribution in [0.4, 0.5) is 0 Å². The zero-order chi connectivity index (χ0) is 18.9. The Morgan fingerprint density at radius 3 is 2.40 bits per heavy atom. The van der Waals surface area contributed by atoms with E-state index in [1.165, 1.54) is 0 Å². The highest BCUT2D eigenvalue weighted by Gasteiger charge is 2.39. The van der Waals surface area contributed by atoms with Crippen LogP contribution >= 0.6 is 0 Å². The van der Waals surface area contributed by atoms with E-state index in [1.807, 2.05) is 30.3 Å². The van der Waals surface area contributed by atoms with Gasteiger partial charge in [0.25, 0.3) is 0 Å². The Balaban J connectivity index is 2.58. The summed E-state index contributed by atoms with van der Waals surface area (Å²) in [4.78, 5) is 11.3. The number of aliphatic hydroxyl groups excluding tert-OH is 1. The molecule has 0 radical (unpaired) electrons. The molecule has 25 heavy (non-hydrogen) atoms. The quantitative estimate of drug-likeness (QED) is 0.592. The molecule has 0 aliphatic heterocycles. The summed E-state index contributed by atoms with van der Waals surface area (Å²) >= 11 is 0. The van der Waals surface area contributed by atoms with Crippen molar-refractivity contribution in [2.24, 2.45) is 0 Å². The molecule has 1 rings (SSSR count). The maximum Gasteiger partial charge on any atom is 0.192 e. The number of carbonyl (C=O) groups excluding carboxylic acids is 1. The molecule has 0 amide bonds. The summed E-state index contributed by atoms with van der Waals surface area (Å²) in [6, 6.07) is 10.1. The van der Waals surface area contributed by atoms with Gasteiger partial charge >= 0.3 is 0 Å². The van der Waals surface area contributed by atoms with Gasteiger partial charge in [0.2, 0.25) is 0 Å². The average molecular weight is 367 g/mol. The van der Waals surface area contributed by atoms with Gasteiger partial charge in [-0.2, -0.15) is 0 Å². The highest BCUT2D eigenvalue weighted by Crippen LogP contribution is 2.37. The lowest BCUT2D eigenvalue weighted by atomic mass is 10.1. The molecule has 0 spiro atoms. The lowest BCUT2D eigenvalue weighted by Crippen LogP contribution is -2.45. The van der Waals surface area contributed by atoms with Crippen molar-refractivity contribution in [3.05, 3.63) is 35.9 Å². The Hall–Kier alpha value is -1.01. The van der Waals surface area contributed by atoms with Gasteiger partial charge in [-0.3, -0.25) is 4.79 Å². The van der Waals surface area contributed by atoms with Crippen molar-refractivity contribution in [2.45, 2.75) is 70.9 Å². The van der Waals surface area contributed by atoms with Gasteiger partial charge in [0.1, 0.15) is 6.61 Å². The van der Waals surface area contributed by atoms with Gasteiger partial charge in [0.15, 0.2) is 14.1 Å². The number of hydrogen-bond acceptors (Lipinski definition) is 4. The Morgan fingerprint density at radius 1 is 1.20 bits per heavy atom. The van der Waals surface area contributed by atoms with Crippen LogP contribution in [0.3, 0.4) is 0 Å². The van der Waals surface area contributed by atoms with Crippen molar-refractivity contribution in [3.63, 3.8) is 0 Å². The molecule has 0 saturated carbocycles. The number of rotatable bonds is 11. The maximum atomic E-state index is 11.3. The summed E-state index contributed by atoms with van der Waals surface area (Å²) in [5.74, 6) is -0.115. The standard InChI is InChI=1S/C20H34O4Si/c1-20(2,3)25(4,5)24-19(13-9-12-18(22)14-21)16-23-15-17-10-7-6-8-11-17/h6-8,10-11,19,21H,9,12-16H2,1-5H3. The van der Waals surface area contributed by atoms with Crippen LogP contribution in [-0.4, -0.2) is 38.5 Å². The molecule has 5 heteroatoms. The molecule has 4 nitrogen and oxygen atoms in total. The summed E-state index contributed by atoms with van der Waals surface area (Å²) in [5, 5.41) is 8.99. The second kappa shape index (κ2) is 10.2. The summed E-state index contributed by atoms with van der Waals surface area (Å²) in [5.41, 5.74) is 1.14. The Bertz CT molecular complexity index is 508. The van der Waals surface area contributed by atoms with Gasteiger partial charge in [0, 0.05) is 6.42 Å². The Kier molecular flexibility index (Phi) is 9.00. The number of hydrogen-bond donors (Lipinski definition) is 1. The van der Waals surface area contributed by atoms with Gasteiger partial charge in [-0.05, 0) is 36.5 Å². The van der Waals surface area contributed by atoms with E-state index in [9.17, 15) is 4.79 Å². The van der Waals surface area contributed by atoms with Gasteiger partial charge < -0.3 is 14.3 Å². The van der Waals surface area contributed by atoms with E-state index in [0.717, 1.165) is 12.0 Å². The fraction of sp³-hybridized carbons (Fsp3) is 0.650. The third kappa shape index (κ3) is 8.27. The molecule has 0 aliphatic rings. The number of aliphatic hydroxyl groups is 1. The normalized spacial score (nSPS) is 13.7. The summed E-state index contributed by atoms with van der Waals surface area (Å²) in [6.07, 6.45) is 1.86. The van der Waals surface area contributed by atoms with Gasteiger partial charge in [-0.25, -0.2) is 0 Å². The van der Waals surface area contributed by atoms with Crippen LogP contribution in [0, 0.1) is 0 Å². The van der Waals surface area contributed by atoms with Gasteiger partial charge in [-0.1, -0.05) is 51.1 Å². The molecule has 0 aliphatic carbocycles. The van der Waals surface area contributed by atoms with Crippen molar-refractivity contribution in [2.75, 3.05) is 13.2 Å². The molecule has 0 aromatic heterocycles. The van der Waals surface area contributed by atoms with Crippen molar-refractivity contribution < 1.29 is 19.1 Å². The highest BCUT2D eigenvalue weighted by molar-refractivity contribution is 6.74. The molecular weight excluding hydrogens is 332 g/mol. The molecule has 0 heterocycles. The molecule has 0 bridgehead atoms. The van der Waals surface area contributed by atoms with Crippen LogP contribution in [-0.2, 0) is 20.6 Å². The lowest BCUT2D eigenvalue weighted by Gasteiger charge is -2.39. The van der Waals surface area contributed by atoms with E-state index < -0.39 is 8.32 Å². The highest BCUT2D eigenvalue weighted by atomic mass is 28.4. The molecule has 1 aromatic rings. The predicted molar refractivity (Wildman–Crippen MR) is 104 cm³/mol. The predicted octanol–water partition coefficient (Wildman–Crippen LogP) is 4.33. The topological polar surface area (TPSA) is 55.8 Å². The van der Waals surface area contributed by atoms with Crippen LogP contribution in [0.5, 0.6) is 0 Å². The first-order valence-corrected chi connectivity index (χ1v) is 12.0. The first-order valence-electron chi connectivity index (χ1n) is 9.08. The van der Waals surface area contributed by atoms with E-state index in [0.29, 0.717) is 26.1 Å². The number of Topliss-reactive ketones (excluding diaryl/α,β-unsaturated/α-hetero) is 1. The number of benzene rings is 1. The van der Waals surface area contributed by atoms with Crippen LogP contribution < -0.4 is 0 Å². The first kappa shape index (κ1) is 22.0. The van der Waals surface area contributed by atoms with Crippen LogP contribution in [0.15, 0.2) is 30.3 Å². The fourth-order valence-electron chi connectivity index (χ4n) is 2.26. The monoisotopic (exact) mass is 366 g/mol. The minimum Gasteiger partial charge on any atom is -0.412 e. The second-order valence-electron chi connectivity index (χ2n) is 8.09. The Morgan fingerprint density at radius 2 is 1.84 bits per heavy atom. The molecule has 142 valence electrons.